The zero-order valence-corrected chi connectivity index (χ0v) is 18.0. The molecule has 0 N–H and O–H groups in total. The lowest BCUT2D eigenvalue weighted by atomic mass is 9.52. The summed E-state index contributed by atoms with van der Waals surface area (Å²) in [7, 11) is 0. The molecule has 0 radical (unpaired) electrons. The van der Waals surface area contributed by atoms with Crippen LogP contribution in [0.5, 0.6) is 0 Å². The van der Waals surface area contributed by atoms with E-state index >= 15 is 0 Å². The van der Waals surface area contributed by atoms with Crippen LogP contribution in [0.3, 0.4) is 0 Å². The molecule has 0 heterocycles. The van der Waals surface area contributed by atoms with E-state index in [0.717, 1.165) is 36.0 Å². The summed E-state index contributed by atoms with van der Waals surface area (Å²) in [6.45, 7) is 4.68. The maximum Gasteiger partial charge on any atom is 0.136 e. The van der Waals surface area contributed by atoms with Crippen LogP contribution in [0, 0.1) is 41.4 Å². The number of hydrogen-bond acceptors (Lipinski definition) is 2. The normalized spacial score (nSPS) is 45.3. The lowest BCUT2D eigenvalue weighted by Gasteiger charge is -2.54. The summed E-state index contributed by atoms with van der Waals surface area (Å²) in [5.74, 6) is 5.70. The number of thiol groups is 1. The Bertz CT molecular complexity index is 514. The first kappa shape index (κ1) is 19.3. The molecule has 0 aromatic rings. The van der Waals surface area contributed by atoms with Crippen LogP contribution in [0.2, 0.25) is 0 Å². The SMILES string of the molecule is CC(C)CCCCC1CCC2C3CC(=O)C4CCCCC4C3CCC12S. The highest BCUT2D eigenvalue weighted by molar-refractivity contribution is 7.81. The lowest BCUT2D eigenvalue weighted by Crippen LogP contribution is -2.52. The van der Waals surface area contributed by atoms with E-state index in [-0.39, 0.29) is 4.75 Å². The fourth-order valence-electron chi connectivity index (χ4n) is 7.69. The molecule has 4 aliphatic rings. The quantitative estimate of drug-likeness (QED) is 0.417. The first-order chi connectivity index (χ1) is 12.5. The van der Waals surface area contributed by atoms with Gasteiger partial charge in [0.25, 0.3) is 0 Å². The van der Waals surface area contributed by atoms with Crippen molar-refractivity contribution in [3.8, 4) is 0 Å². The van der Waals surface area contributed by atoms with Crippen molar-refractivity contribution in [3.05, 3.63) is 0 Å². The first-order valence-corrected chi connectivity index (χ1v) is 12.2. The zero-order valence-electron chi connectivity index (χ0n) is 17.1. The maximum atomic E-state index is 12.9. The second-order valence-corrected chi connectivity index (χ2v) is 11.5. The number of carbonyl (C=O) groups is 1. The van der Waals surface area contributed by atoms with Gasteiger partial charge in [-0.1, -0.05) is 46.0 Å². The number of ketones is 1. The van der Waals surface area contributed by atoms with E-state index < -0.39 is 0 Å². The van der Waals surface area contributed by atoms with Gasteiger partial charge >= 0.3 is 0 Å². The molecule has 0 aromatic heterocycles. The highest BCUT2D eigenvalue weighted by Crippen LogP contribution is 2.62. The Morgan fingerprint density at radius 2 is 1.81 bits per heavy atom. The fraction of sp³-hybridized carbons (Fsp3) is 0.958. The molecule has 0 amide bonds. The van der Waals surface area contributed by atoms with Gasteiger partial charge in [-0.05, 0) is 80.5 Å². The van der Waals surface area contributed by atoms with Crippen LogP contribution >= 0.6 is 12.6 Å². The maximum absolute atomic E-state index is 12.9. The molecule has 4 rings (SSSR count). The van der Waals surface area contributed by atoms with Crippen LogP contribution in [0.1, 0.15) is 97.3 Å². The summed E-state index contributed by atoms with van der Waals surface area (Å²) in [6, 6.07) is 0. The molecule has 4 aliphatic carbocycles. The Morgan fingerprint density at radius 1 is 1.00 bits per heavy atom. The third-order valence-electron chi connectivity index (χ3n) is 8.92. The van der Waals surface area contributed by atoms with E-state index in [0.29, 0.717) is 17.6 Å². The summed E-state index contributed by atoms with van der Waals surface area (Å²) in [5, 5.41) is 0. The van der Waals surface area contributed by atoms with Crippen LogP contribution in [-0.2, 0) is 4.79 Å². The number of Topliss-reactive ketones (excluding diaryl/α,β-unsaturated/α-hetero) is 1. The van der Waals surface area contributed by atoms with Gasteiger partial charge in [-0.25, -0.2) is 0 Å². The van der Waals surface area contributed by atoms with Gasteiger partial charge in [0.15, 0.2) is 0 Å². The van der Waals surface area contributed by atoms with Gasteiger partial charge in [-0.3, -0.25) is 4.79 Å². The Morgan fingerprint density at radius 3 is 2.62 bits per heavy atom. The van der Waals surface area contributed by atoms with Gasteiger partial charge in [-0.2, -0.15) is 12.6 Å². The van der Waals surface area contributed by atoms with Crippen LogP contribution in [0.25, 0.3) is 0 Å². The van der Waals surface area contributed by atoms with E-state index in [1.807, 2.05) is 0 Å². The standard InChI is InChI=1S/C24H40OS/c1-16(2)7-3-4-8-17-11-12-22-21-15-23(25)20-10-6-5-9-18(20)19(21)13-14-24(17,22)26/h16-22,26H,3-15H2,1-2H3. The predicted octanol–water partition coefficient (Wildman–Crippen LogP) is 6.70. The molecule has 0 bridgehead atoms. The van der Waals surface area contributed by atoms with E-state index in [1.54, 1.807) is 0 Å². The van der Waals surface area contributed by atoms with Crippen LogP contribution < -0.4 is 0 Å². The molecule has 0 saturated heterocycles. The second-order valence-electron chi connectivity index (χ2n) is 10.6. The molecule has 0 aliphatic heterocycles. The predicted molar refractivity (Wildman–Crippen MR) is 113 cm³/mol. The van der Waals surface area contributed by atoms with Crippen LogP contribution in [0.4, 0.5) is 0 Å². The van der Waals surface area contributed by atoms with Gasteiger partial charge in [-0.15, -0.1) is 0 Å². The minimum atomic E-state index is 0.251. The highest BCUT2D eigenvalue weighted by atomic mass is 32.1. The Kier molecular flexibility index (Phi) is 5.80. The van der Waals surface area contributed by atoms with Crippen molar-refractivity contribution in [2.75, 3.05) is 0 Å². The first-order valence-electron chi connectivity index (χ1n) is 11.8. The van der Waals surface area contributed by atoms with Crippen molar-refractivity contribution in [1.29, 1.82) is 0 Å². The zero-order chi connectivity index (χ0) is 18.3. The van der Waals surface area contributed by atoms with E-state index in [1.165, 1.54) is 77.0 Å². The lowest BCUT2D eigenvalue weighted by molar-refractivity contribution is -0.136. The smallest absolute Gasteiger partial charge is 0.136 e. The molecule has 7 unspecified atom stereocenters. The van der Waals surface area contributed by atoms with Crippen molar-refractivity contribution in [2.45, 2.75) is 102 Å². The Labute approximate surface area is 166 Å². The molecule has 148 valence electrons. The third kappa shape index (κ3) is 3.42. The second kappa shape index (κ2) is 7.80. The number of unbranched alkanes of at least 4 members (excludes halogenated alkanes) is 1. The fourth-order valence-corrected chi connectivity index (χ4v) is 8.39. The molecule has 4 fully saturated rings. The van der Waals surface area contributed by atoms with E-state index in [4.69, 9.17) is 12.6 Å². The van der Waals surface area contributed by atoms with Crippen molar-refractivity contribution >= 4 is 18.4 Å². The number of rotatable bonds is 5. The van der Waals surface area contributed by atoms with Crippen LogP contribution in [0.15, 0.2) is 0 Å². The van der Waals surface area contributed by atoms with E-state index in [2.05, 4.69) is 13.8 Å². The van der Waals surface area contributed by atoms with Crippen molar-refractivity contribution in [2.24, 2.45) is 41.4 Å². The molecular formula is C24H40OS. The number of fused-ring (bicyclic) bond motifs is 5. The minimum absolute atomic E-state index is 0.251. The average molecular weight is 377 g/mol. The molecule has 1 nitrogen and oxygen atoms in total. The van der Waals surface area contributed by atoms with Crippen molar-refractivity contribution in [3.63, 3.8) is 0 Å². The van der Waals surface area contributed by atoms with Crippen molar-refractivity contribution < 1.29 is 4.79 Å². The number of hydrogen-bond donors (Lipinski definition) is 1. The summed E-state index contributed by atoms with van der Waals surface area (Å²) >= 11 is 5.40. The molecule has 4 saturated carbocycles. The molecular weight excluding hydrogens is 336 g/mol. The third-order valence-corrected chi connectivity index (χ3v) is 9.84. The summed E-state index contributed by atoms with van der Waals surface area (Å²) in [6.07, 6.45) is 17.0. The van der Waals surface area contributed by atoms with Gasteiger partial charge in [0, 0.05) is 17.1 Å². The molecule has 0 aromatic carbocycles. The topological polar surface area (TPSA) is 17.1 Å². The Hall–Kier alpha value is 0.0200. The molecule has 0 spiro atoms. The molecule has 7 atom stereocenters. The van der Waals surface area contributed by atoms with Crippen LogP contribution in [-0.4, -0.2) is 10.5 Å². The largest absolute Gasteiger partial charge is 0.299 e. The number of carbonyl (C=O) groups excluding carboxylic acids is 1. The molecule has 26 heavy (non-hydrogen) atoms. The highest BCUT2D eigenvalue weighted by Gasteiger charge is 2.58. The van der Waals surface area contributed by atoms with E-state index in [9.17, 15) is 4.79 Å². The summed E-state index contributed by atoms with van der Waals surface area (Å²) in [4.78, 5) is 12.9. The average Bonchev–Trinajstić information content (AvgIpc) is 2.96. The summed E-state index contributed by atoms with van der Waals surface area (Å²) < 4.78 is 0.251. The van der Waals surface area contributed by atoms with Gasteiger partial charge in [0.2, 0.25) is 0 Å². The van der Waals surface area contributed by atoms with Gasteiger partial charge < -0.3 is 0 Å². The molecule has 2 heteroatoms. The monoisotopic (exact) mass is 376 g/mol. The summed E-state index contributed by atoms with van der Waals surface area (Å²) in [5.41, 5.74) is 0. The van der Waals surface area contributed by atoms with Gasteiger partial charge in [0.05, 0.1) is 0 Å². The Balaban J connectivity index is 1.43. The van der Waals surface area contributed by atoms with Crippen molar-refractivity contribution in [1.82, 2.24) is 0 Å². The minimum Gasteiger partial charge on any atom is -0.299 e. The van der Waals surface area contributed by atoms with Gasteiger partial charge in [0.1, 0.15) is 5.78 Å².